The highest BCUT2D eigenvalue weighted by Crippen LogP contribution is 2.19. The van der Waals surface area contributed by atoms with Crippen LogP contribution in [0.1, 0.15) is 6.42 Å². The SMILES string of the molecule is COC(=O)CCn1c(=S)[nH]c2ccc(Cl)cc21. The van der Waals surface area contributed by atoms with Gasteiger partial charge in [-0.1, -0.05) is 11.6 Å². The maximum Gasteiger partial charge on any atom is 0.307 e. The van der Waals surface area contributed by atoms with Crippen LogP contribution < -0.4 is 0 Å². The van der Waals surface area contributed by atoms with Crippen LogP contribution in [0.25, 0.3) is 11.0 Å². The predicted octanol–water partition coefficient (Wildman–Crippen LogP) is 2.92. The summed E-state index contributed by atoms with van der Waals surface area (Å²) in [5.41, 5.74) is 1.80. The molecule has 0 saturated carbocycles. The highest BCUT2D eigenvalue weighted by Gasteiger charge is 2.07. The van der Waals surface area contributed by atoms with Crippen LogP contribution >= 0.6 is 23.8 Å². The Hall–Kier alpha value is -1.33. The van der Waals surface area contributed by atoms with Gasteiger partial charge in [-0.2, -0.15) is 0 Å². The number of methoxy groups -OCH3 is 1. The van der Waals surface area contributed by atoms with E-state index < -0.39 is 0 Å². The van der Waals surface area contributed by atoms with Crippen LogP contribution in [-0.2, 0) is 16.1 Å². The molecule has 90 valence electrons. The third-order valence-electron chi connectivity index (χ3n) is 2.50. The first-order valence-corrected chi connectivity index (χ1v) is 5.85. The van der Waals surface area contributed by atoms with Crippen LogP contribution in [0.3, 0.4) is 0 Å². The van der Waals surface area contributed by atoms with Crippen molar-refractivity contribution in [1.29, 1.82) is 0 Å². The fourth-order valence-corrected chi connectivity index (χ4v) is 2.12. The maximum atomic E-state index is 11.1. The fraction of sp³-hybridized carbons (Fsp3) is 0.273. The number of aromatic amines is 1. The lowest BCUT2D eigenvalue weighted by Crippen LogP contribution is -2.06. The number of esters is 1. The zero-order valence-corrected chi connectivity index (χ0v) is 10.8. The number of nitrogens with zero attached hydrogens (tertiary/aromatic N) is 1. The van der Waals surface area contributed by atoms with Gasteiger partial charge in [0.15, 0.2) is 4.77 Å². The summed E-state index contributed by atoms with van der Waals surface area (Å²) in [6, 6.07) is 5.47. The minimum Gasteiger partial charge on any atom is -0.469 e. The molecule has 1 aromatic heterocycles. The van der Waals surface area contributed by atoms with Gasteiger partial charge in [0.25, 0.3) is 0 Å². The zero-order chi connectivity index (χ0) is 12.4. The zero-order valence-electron chi connectivity index (χ0n) is 9.20. The lowest BCUT2D eigenvalue weighted by atomic mass is 10.3. The minimum atomic E-state index is -0.261. The number of hydrogen-bond donors (Lipinski definition) is 1. The van der Waals surface area contributed by atoms with E-state index in [1.54, 1.807) is 6.07 Å². The van der Waals surface area contributed by atoms with Gasteiger partial charge in [0.2, 0.25) is 0 Å². The van der Waals surface area contributed by atoms with Gasteiger partial charge < -0.3 is 14.3 Å². The minimum absolute atomic E-state index is 0.261. The second-order valence-electron chi connectivity index (χ2n) is 3.57. The highest BCUT2D eigenvalue weighted by atomic mass is 35.5. The van der Waals surface area contributed by atoms with Crippen LogP contribution in [0.4, 0.5) is 0 Å². The van der Waals surface area contributed by atoms with Crippen molar-refractivity contribution in [2.75, 3.05) is 7.11 Å². The van der Waals surface area contributed by atoms with E-state index in [1.165, 1.54) is 7.11 Å². The van der Waals surface area contributed by atoms with Gasteiger partial charge in [-0.05, 0) is 30.4 Å². The summed E-state index contributed by atoms with van der Waals surface area (Å²) < 4.78 is 7.02. The van der Waals surface area contributed by atoms with Gasteiger partial charge >= 0.3 is 5.97 Å². The van der Waals surface area contributed by atoms with Crippen LogP contribution in [0.5, 0.6) is 0 Å². The Morgan fingerprint density at radius 2 is 2.35 bits per heavy atom. The second-order valence-corrected chi connectivity index (χ2v) is 4.39. The smallest absolute Gasteiger partial charge is 0.307 e. The predicted molar refractivity (Wildman–Crippen MR) is 68.8 cm³/mol. The lowest BCUT2D eigenvalue weighted by molar-refractivity contribution is -0.140. The van der Waals surface area contributed by atoms with Gasteiger partial charge in [0, 0.05) is 11.6 Å². The van der Waals surface area contributed by atoms with Crippen molar-refractivity contribution in [3.8, 4) is 0 Å². The Labute approximate surface area is 108 Å². The topological polar surface area (TPSA) is 47.0 Å². The van der Waals surface area contributed by atoms with E-state index >= 15 is 0 Å². The number of halogens is 1. The summed E-state index contributed by atoms with van der Waals surface area (Å²) in [6.45, 7) is 0.478. The van der Waals surface area contributed by atoms with E-state index in [0.717, 1.165) is 11.0 Å². The first-order chi connectivity index (χ1) is 8.11. The normalized spacial score (nSPS) is 10.7. The standard InChI is InChI=1S/C11H11ClN2O2S/c1-16-10(15)4-5-14-9-6-7(12)2-3-8(9)13-11(14)17/h2-3,6H,4-5H2,1H3,(H,13,17). The summed E-state index contributed by atoms with van der Waals surface area (Å²) in [4.78, 5) is 14.2. The molecule has 0 aliphatic rings. The third-order valence-corrected chi connectivity index (χ3v) is 3.06. The van der Waals surface area contributed by atoms with Crippen LogP contribution in [-0.4, -0.2) is 22.6 Å². The first kappa shape index (κ1) is 12.1. The monoisotopic (exact) mass is 270 g/mol. The van der Waals surface area contributed by atoms with Crippen molar-refractivity contribution in [1.82, 2.24) is 9.55 Å². The van der Waals surface area contributed by atoms with Gasteiger partial charge in [-0.3, -0.25) is 4.79 Å². The summed E-state index contributed by atoms with van der Waals surface area (Å²) in [7, 11) is 1.37. The number of fused-ring (bicyclic) bond motifs is 1. The van der Waals surface area contributed by atoms with Crippen molar-refractivity contribution in [2.24, 2.45) is 0 Å². The Balaban J connectivity index is 2.38. The van der Waals surface area contributed by atoms with Gasteiger partial charge in [0.05, 0.1) is 24.6 Å². The molecule has 2 rings (SSSR count). The number of carbonyl (C=O) groups is 1. The maximum absolute atomic E-state index is 11.1. The van der Waals surface area contributed by atoms with Crippen LogP contribution in [0, 0.1) is 4.77 Å². The summed E-state index contributed by atoms with van der Waals surface area (Å²) >= 11 is 11.1. The number of aryl methyl sites for hydroxylation is 1. The molecule has 0 amide bonds. The lowest BCUT2D eigenvalue weighted by Gasteiger charge is -2.03. The molecule has 0 aliphatic heterocycles. The highest BCUT2D eigenvalue weighted by molar-refractivity contribution is 7.71. The van der Waals surface area contributed by atoms with Crippen molar-refractivity contribution < 1.29 is 9.53 Å². The number of H-pyrrole nitrogens is 1. The number of rotatable bonds is 3. The van der Waals surface area contributed by atoms with E-state index in [-0.39, 0.29) is 12.4 Å². The number of aromatic nitrogens is 2. The van der Waals surface area contributed by atoms with E-state index in [2.05, 4.69) is 9.72 Å². The van der Waals surface area contributed by atoms with Gasteiger partial charge in [-0.15, -0.1) is 0 Å². The molecule has 1 heterocycles. The molecule has 6 heteroatoms. The van der Waals surface area contributed by atoms with E-state index in [9.17, 15) is 4.79 Å². The Kier molecular flexibility index (Phi) is 3.49. The fourth-order valence-electron chi connectivity index (χ4n) is 1.65. The number of benzene rings is 1. The Morgan fingerprint density at radius 3 is 3.06 bits per heavy atom. The molecule has 0 spiro atoms. The van der Waals surface area contributed by atoms with Crippen molar-refractivity contribution in [2.45, 2.75) is 13.0 Å². The molecule has 2 aromatic rings. The van der Waals surface area contributed by atoms with Gasteiger partial charge in [0.1, 0.15) is 0 Å². The Morgan fingerprint density at radius 1 is 1.59 bits per heavy atom. The van der Waals surface area contributed by atoms with Crippen molar-refractivity contribution in [3.63, 3.8) is 0 Å². The molecule has 0 radical (unpaired) electrons. The average molecular weight is 271 g/mol. The largest absolute Gasteiger partial charge is 0.469 e. The quantitative estimate of drug-likeness (QED) is 0.689. The first-order valence-electron chi connectivity index (χ1n) is 5.06. The Bertz CT molecular complexity index is 617. The van der Waals surface area contributed by atoms with E-state index in [1.807, 2.05) is 16.7 Å². The van der Waals surface area contributed by atoms with Crippen molar-refractivity contribution >= 4 is 40.8 Å². The molecule has 0 atom stereocenters. The molecular formula is C11H11ClN2O2S. The molecule has 0 saturated heterocycles. The molecule has 17 heavy (non-hydrogen) atoms. The van der Waals surface area contributed by atoms with Gasteiger partial charge in [-0.25, -0.2) is 0 Å². The molecule has 4 nitrogen and oxygen atoms in total. The van der Waals surface area contributed by atoms with Crippen LogP contribution in [0.2, 0.25) is 5.02 Å². The summed E-state index contributed by atoms with van der Waals surface area (Å²) in [5.74, 6) is -0.261. The average Bonchev–Trinajstić information content (AvgIpc) is 2.61. The molecule has 1 aromatic carbocycles. The number of hydrogen-bond acceptors (Lipinski definition) is 3. The summed E-state index contributed by atoms with van der Waals surface area (Å²) in [6.07, 6.45) is 0.282. The number of carbonyl (C=O) groups excluding carboxylic acids is 1. The molecule has 0 fully saturated rings. The summed E-state index contributed by atoms with van der Waals surface area (Å²) in [5, 5.41) is 0.637. The van der Waals surface area contributed by atoms with E-state index in [0.29, 0.717) is 16.3 Å². The molecular weight excluding hydrogens is 260 g/mol. The van der Waals surface area contributed by atoms with Crippen molar-refractivity contribution in [3.05, 3.63) is 28.0 Å². The number of ether oxygens (including phenoxy) is 1. The second kappa shape index (κ2) is 4.89. The third kappa shape index (κ3) is 2.50. The number of nitrogens with one attached hydrogen (secondary N) is 1. The number of imidazole rings is 1. The van der Waals surface area contributed by atoms with E-state index in [4.69, 9.17) is 23.8 Å². The molecule has 0 bridgehead atoms. The molecule has 1 N–H and O–H groups in total. The van der Waals surface area contributed by atoms with Crippen LogP contribution in [0.15, 0.2) is 18.2 Å². The molecule has 0 aliphatic carbocycles. The molecule has 0 unspecified atom stereocenters.